The van der Waals surface area contributed by atoms with E-state index in [9.17, 15) is 9.59 Å². The predicted molar refractivity (Wildman–Crippen MR) is 105 cm³/mol. The fourth-order valence-corrected chi connectivity index (χ4v) is 4.93. The molecule has 1 aromatic carbocycles. The molecule has 1 aromatic heterocycles. The fraction of sp³-hybridized carbons (Fsp3) is 0.550. The number of benzene rings is 1. The molecule has 2 heterocycles. The normalized spacial score (nSPS) is 23.4. The summed E-state index contributed by atoms with van der Waals surface area (Å²) >= 11 is 1.41. The zero-order valence-electron chi connectivity index (χ0n) is 15.4. The molecule has 2 atom stereocenters. The van der Waals surface area contributed by atoms with Gasteiger partial charge in [0.05, 0.1) is 16.7 Å². The highest BCUT2D eigenvalue weighted by Crippen LogP contribution is 2.37. The van der Waals surface area contributed by atoms with E-state index in [1.54, 1.807) is 0 Å². The molecule has 26 heavy (non-hydrogen) atoms. The van der Waals surface area contributed by atoms with Gasteiger partial charge >= 0.3 is 0 Å². The summed E-state index contributed by atoms with van der Waals surface area (Å²) in [6.07, 6.45) is 5.36. The average Bonchev–Trinajstić information content (AvgIpc) is 3.45. The minimum Gasteiger partial charge on any atom is -0.337 e. The lowest BCUT2D eigenvalue weighted by atomic mass is 9.98. The Morgan fingerprint density at radius 3 is 2.54 bits per heavy atom. The predicted octanol–water partition coefficient (Wildman–Crippen LogP) is 3.61. The van der Waals surface area contributed by atoms with Crippen molar-refractivity contribution in [2.24, 2.45) is 0 Å². The Kier molecular flexibility index (Phi) is 4.78. The first-order valence-electron chi connectivity index (χ1n) is 9.51. The number of carbonyl (C=O) groups is 1. The highest BCUT2D eigenvalue weighted by atomic mass is 32.2. The number of rotatable bonds is 4. The number of likely N-dealkylation sites (tertiary alicyclic amines) is 1. The lowest BCUT2D eigenvalue weighted by molar-refractivity contribution is -0.134. The number of para-hydroxylation sites is 1. The molecule has 1 amide bonds. The molecule has 138 valence electrons. The molecule has 0 spiro atoms. The molecule has 5 nitrogen and oxygen atoms in total. The third-order valence-electron chi connectivity index (χ3n) is 5.49. The van der Waals surface area contributed by atoms with Crippen LogP contribution in [0.5, 0.6) is 0 Å². The SMILES string of the molecule is CC1CCCC(C)N1C(=O)CSc1nc2ccccc2c(=O)n1C1CC1. The van der Waals surface area contributed by atoms with Gasteiger partial charge in [0.2, 0.25) is 5.91 Å². The number of fused-ring (bicyclic) bond motifs is 1. The van der Waals surface area contributed by atoms with Gasteiger partial charge in [-0.1, -0.05) is 23.9 Å². The van der Waals surface area contributed by atoms with Crippen molar-refractivity contribution in [1.29, 1.82) is 0 Å². The molecular formula is C20H25N3O2S. The second-order valence-corrected chi connectivity index (χ2v) is 8.48. The Morgan fingerprint density at radius 1 is 1.15 bits per heavy atom. The number of thioether (sulfide) groups is 1. The van der Waals surface area contributed by atoms with Crippen LogP contribution in [0.25, 0.3) is 10.9 Å². The summed E-state index contributed by atoms with van der Waals surface area (Å²) in [7, 11) is 0. The van der Waals surface area contributed by atoms with Crippen molar-refractivity contribution in [3.8, 4) is 0 Å². The molecule has 2 aliphatic rings. The van der Waals surface area contributed by atoms with E-state index in [0.29, 0.717) is 33.9 Å². The minimum absolute atomic E-state index is 0.0211. The summed E-state index contributed by atoms with van der Waals surface area (Å²) in [5, 5.41) is 1.34. The van der Waals surface area contributed by atoms with Crippen molar-refractivity contribution in [1.82, 2.24) is 14.5 Å². The maximum atomic E-state index is 12.9. The van der Waals surface area contributed by atoms with Gasteiger partial charge in [-0.15, -0.1) is 0 Å². The van der Waals surface area contributed by atoms with Gasteiger partial charge in [-0.25, -0.2) is 4.98 Å². The molecule has 6 heteroatoms. The van der Waals surface area contributed by atoms with Crippen molar-refractivity contribution >= 4 is 28.6 Å². The number of hydrogen-bond acceptors (Lipinski definition) is 4. The molecular weight excluding hydrogens is 346 g/mol. The molecule has 0 N–H and O–H groups in total. The van der Waals surface area contributed by atoms with Crippen molar-refractivity contribution in [3.63, 3.8) is 0 Å². The summed E-state index contributed by atoms with van der Waals surface area (Å²) in [5.74, 6) is 0.492. The fourth-order valence-electron chi connectivity index (χ4n) is 4.00. The van der Waals surface area contributed by atoms with Gasteiger partial charge in [-0.05, 0) is 58.1 Å². The Bertz CT molecular complexity index is 880. The molecule has 0 radical (unpaired) electrons. The van der Waals surface area contributed by atoms with Crippen LogP contribution >= 0.6 is 11.8 Å². The van der Waals surface area contributed by atoms with Crippen LogP contribution in [-0.4, -0.2) is 38.2 Å². The minimum atomic E-state index is 0.0211. The van der Waals surface area contributed by atoms with Crippen LogP contribution in [0, 0.1) is 0 Å². The number of nitrogens with zero attached hydrogens (tertiary/aromatic N) is 3. The van der Waals surface area contributed by atoms with Gasteiger partial charge in [-0.2, -0.15) is 0 Å². The maximum Gasteiger partial charge on any atom is 0.262 e. The van der Waals surface area contributed by atoms with Crippen molar-refractivity contribution < 1.29 is 4.79 Å². The number of hydrogen-bond donors (Lipinski definition) is 0. The lowest BCUT2D eigenvalue weighted by Crippen LogP contribution is -2.48. The molecule has 2 unspecified atom stereocenters. The van der Waals surface area contributed by atoms with Crippen LogP contribution in [0.4, 0.5) is 0 Å². The van der Waals surface area contributed by atoms with Gasteiger partial charge in [0.15, 0.2) is 5.16 Å². The summed E-state index contributed by atoms with van der Waals surface area (Å²) in [4.78, 5) is 32.5. The third kappa shape index (κ3) is 3.27. The van der Waals surface area contributed by atoms with Crippen LogP contribution in [0.15, 0.2) is 34.2 Å². The van der Waals surface area contributed by atoms with Gasteiger partial charge in [0, 0.05) is 18.1 Å². The van der Waals surface area contributed by atoms with Gasteiger partial charge in [-0.3, -0.25) is 14.2 Å². The number of piperidine rings is 1. The first kappa shape index (κ1) is 17.6. The molecule has 4 rings (SSSR count). The molecule has 1 saturated carbocycles. The van der Waals surface area contributed by atoms with Crippen LogP contribution in [-0.2, 0) is 4.79 Å². The summed E-state index contributed by atoms with van der Waals surface area (Å²) < 4.78 is 1.81. The first-order chi connectivity index (χ1) is 12.6. The Hall–Kier alpha value is -1.82. The number of amides is 1. The van der Waals surface area contributed by atoms with Gasteiger partial charge in [0.25, 0.3) is 5.56 Å². The zero-order valence-corrected chi connectivity index (χ0v) is 16.2. The van der Waals surface area contributed by atoms with E-state index in [1.807, 2.05) is 33.7 Å². The van der Waals surface area contributed by atoms with Crippen molar-refractivity contribution in [3.05, 3.63) is 34.6 Å². The number of carbonyl (C=O) groups excluding carboxylic acids is 1. The smallest absolute Gasteiger partial charge is 0.262 e. The highest BCUT2D eigenvalue weighted by Gasteiger charge is 2.31. The summed E-state index contributed by atoms with van der Waals surface area (Å²) in [6.45, 7) is 4.26. The average molecular weight is 372 g/mol. The van der Waals surface area contributed by atoms with Gasteiger partial charge in [0.1, 0.15) is 0 Å². The monoisotopic (exact) mass is 371 g/mol. The second-order valence-electron chi connectivity index (χ2n) is 7.54. The van der Waals surface area contributed by atoms with E-state index >= 15 is 0 Å². The number of aromatic nitrogens is 2. The second kappa shape index (κ2) is 7.06. The quantitative estimate of drug-likeness (QED) is 0.608. The van der Waals surface area contributed by atoms with Gasteiger partial charge < -0.3 is 4.90 Å². The van der Waals surface area contributed by atoms with E-state index < -0.39 is 0 Å². The maximum absolute atomic E-state index is 12.9. The van der Waals surface area contributed by atoms with E-state index in [4.69, 9.17) is 4.98 Å². The highest BCUT2D eigenvalue weighted by molar-refractivity contribution is 7.99. The first-order valence-corrected chi connectivity index (χ1v) is 10.5. The van der Waals surface area contributed by atoms with E-state index in [2.05, 4.69) is 13.8 Å². The largest absolute Gasteiger partial charge is 0.337 e. The molecule has 0 bridgehead atoms. The standard InChI is InChI=1S/C20H25N3O2S/c1-13-6-5-7-14(2)22(13)18(24)12-26-20-21-17-9-4-3-8-16(17)19(25)23(20)15-10-11-15/h3-4,8-9,13-15H,5-7,10-12H2,1-2H3. The topological polar surface area (TPSA) is 55.2 Å². The summed E-state index contributed by atoms with van der Waals surface area (Å²) in [6, 6.07) is 8.30. The molecule has 1 aliphatic heterocycles. The Morgan fingerprint density at radius 2 is 1.85 bits per heavy atom. The van der Waals surface area contributed by atoms with Crippen LogP contribution in [0.3, 0.4) is 0 Å². The van der Waals surface area contributed by atoms with Crippen molar-refractivity contribution in [2.45, 2.75) is 69.2 Å². The van der Waals surface area contributed by atoms with E-state index in [1.165, 1.54) is 18.2 Å². The van der Waals surface area contributed by atoms with Crippen LogP contribution in [0.2, 0.25) is 0 Å². The summed E-state index contributed by atoms with van der Waals surface area (Å²) in [5.41, 5.74) is 0.733. The molecule has 1 aliphatic carbocycles. The van der Waals surface area contributed by atoms with Crippen LogP contribution < -0.4 is 5.56 Å². The van der Waals surface area contributed by atoms with E-state index in [-0.39, 0.29) is 17.5 Å². The Balaban J connectivity index is 1.60. The Labute approximate surface area is 157 Å². The lowest BCUT2D eigenvalue weighted by Gasteiger charge is -2.39. The molecule has 2 fully saturated rings. The molecule has 2 aromatic rings. The van der Waals surface area contributed by atoms with E-state index in [0.717, 1.165) is 25.7 Å². The zero-order chi connectivity index (χ0) is 18.3. The third-order valence-corrected chi connectivity index (χ3v) is 6.43. The van der Waals surface area contributed by atoms with Crippen LogP contribution in [0.1, 0.15) is 52.0 Å². The molecule has 1 saturated heterocycles. The van der Waals surface area contributed by atoms with Crippen molar-refractivity contribution in [2.75, 3.05) is 5.75 Å².